The first-order chi connectivity index (χ1) is 19.5. The molecule has 1 aliphatic carbocycles. The number of aromatic nitrogens is 4. The second-order valence-electron chi connectivity index (χ2n) is 11.6. The van der Waals surface area contributed by atoms with E-state index >= 15 is 0 Å². The highest BCUT2D eigenvalue weighted by Crippen LogP contribution is 2.30. The number of carbonyl (C=O) groups excluding carboxylic acids is 1. The number of rotatable bonds is 8. The first kappa shape index (κ1) is 28.1. The molecule has 1 amide bonds. The van der Waals surface area contributed by atoms with E-state index in [0.717, 1.165) is 43.5 Å². The Hall–Kier alpha value is -4.45. The molecule has 1 aliphatic heterocycles. The molecule has 12 heteroatoms. The lowest BCUT2D eigenvalue weighted by molar-refractivity contribution is 0.102. The average Bonchev–Trinajstić information content (AvgIpc) is 3.68. The van der Waals surface area contributed by atoms with Gasteiger partial charge in [-0.2, -0.15) is 10.1 Å². The van der Waals surface area contributed by atoms with Gasteiger partial charge in [0.05, 0.1) is 5.69 Å². The molecular weight excluding hydrogens is 518 g/mol. The van der Waals surface area contributed by atoms with E-state index in [1.54, 1.807) is 12.1 Å². The summed E-state index contributed by atoms with van der Waals surface area (Å²) in [5, 5.41) is 13.1. The summed E-state index contributed by atoms with van der Waals surface area (Å²) in [5.41, 5.74) is 16.3. The van der Waals surface area contributed by atoms with Crippen molar-refractivity contribution < 1.29 is 4.79 Å². The van der Waals surface area contributed by atoms with Crippen molar-refractivity contribution >= 4 is 40.7 Å². The van der Waals surface area contributed by atoms with Gasteiger partial charge in [0.15, 0.2) is 17.5 Å². The number of amides is 1. The fraction of sp³-hybridized carbons (Fsp3) is 0.414. The summed E-state index contributed by atoms with van der Waals surface area (Å²) >= 11 is 0. The van der Waals surface area contributed by atoms with E-state index in [1.165, 1.54) is 19.0 Å². The van der Waals surface area contributed by atoms with Crippen LogP contribution in [0.5, 0.6) is 0 Å². The molecule has 41 heavy (non-hydrogen) atoms. The molecule has 3 heterocycles. The van der Waals surface area contributed by atoms with Crippen LogP contribution < -0.4 is 27.0 Å². The number of benzene rings is 1. The van der Waals surface area contributed by atoms with E-state index in [4.69, 9.17) is 16.5 Å². The number of nitrogens with two attached hydrogens (primary N) is 2. The van der Waals surface area contributed by atoms with Crippen molar-refractivity contribution in [2.75, 3.05) is 47.4 Å². The maximum atomic E-state index is 13.1. The molecule has 2 aliphatic rings. The molecular formula is C29H39N11O. The first-order valence-corrected chi connectivity index (χ1v) is 13.9. The van der Waals surface area contributed by atoms with E-state index in [-0.39, 0.29) is 23.0 Å². The van der Waals surface area contributed by atoms with Crippen molar-refractivity contribution in [1.29, 1.82) is 0 Å². The van der Waals surface area contributed by atoms with Crippen molar-refractivity contribution in [2.24, 2.45) is 10.7 Å². The van der Waals surface area contributed by atoms with E-state index in [1.807, 2.05) is 19.1 Å². The van der Waals surface area contributed by atoms with Crippen LogP contribution in [-0.4, -0.2) is 69.0 Å². The van der Waals surface area contributed by atoms with E-state index in [0.29, 0.717) is 34.4 Å². The molecule has 216 valence electrons. The highest BCUT2D eigenvalue weighted by atomic mass is 16.1. The zero-order chi connectivity index (χ0) is 29.3. The van der Waals surface area contributed by atoms with Crippen LogP contribution in [0.15, 0.2) is 42.0 Å². The number of nitrogens with zero attached hydrogens (tertiary/aromatic N) is 6. The molecule has 0 unspecified atom stereocenters. The molecule has 1 aromatic carbocycles. The van der Waals surface area contributed by atoms with Crippen molar-refractivity contribution in [2.45, 2.75) is 52.0 Å². The SMILES string of the molecule is C=CNc1c(N)nc(N2CCN(C3CC3)CC2)nc1C(N)=Nc1cc(C(=O)Nc2cc(C(C)(C)C)[nH]n2)ccc1C. The molecule has 5 rings (SSSR count). The summed E-state index contributed by atoms with van der Waals surface area (Å²) in [4.78, 5) is 31.7. The highest BCUT2D eigenvalue weighted by molar-refractivity contribution is 6.06. The second kappa shape index (κ2) is 11.2. The highest BCUT2D eigenvalue weighted by Gasteiger charge is 2.32. The van der Waals surface area contributed by atoms with Gasteiger partial charge in [-0.1, -0.05) is 33.4 Å². The molecule has 0 bridgehead atoms. The normalized spacial score (nSPS) is 16.5. The molecule has 1 saturated heterocycles. The molecule has 7 N–H and O–H groups in total. The number of anilines is 4. The number of piperazine rings is 1. The largest absolute Gasteiger partial charge is 0.382 e. The number of carbonyl (C=O) groups is 1. The Morgan fingerprint density at radius 2 is 1.90 bits per heavy atom. The van der Waals surface area contributed by atoms with Gasteiger partial charge in [0, 0.05) is 55.0 Å². The smallest absolute Gasteiger partial charge is 0.256 e. The number of nitrogens with one attached hydrogen (secondary N) is 3. The predicted octanol–water partition coefficient (Wildman–Crippen LogP) is 3.52. The fourth-order valence-electron chi connectivity index (χ4n) is 4.78. The summed E-state index contributed by atoms with van der Waals surface area (Å²) in [6.07, 6.45) is 4.06. The molecule has 12 nitrogen and oxygen atoms in total. The minimum atomic E-state index is -0.306. The molecule has 0 spiro atoms. The maximum Gasteiger partial charge on any atom is 0.256 e. The minimum Gasteiger partial charge on any atom is -0.382 e. The number of amidine groups is 1. The van der Waals surface area contributed by atoms with E-state index in [9.17, 15) is 4.79 Å². The number of hydrogen-bond acceptors (Lipinski definition) is 9. The monoisotopic (exact) mass is 557 g/mol. The Labute approximate surface area is 240 Å². The van der Waals surface area contributed by atoms with Crippen LogP contribution in [0.3, 0.4) is 0 Å². The predicted molar refractivity (Wildman–Crippen MR) is 164 cm³/mol. The van der Waals surface area contributed by atoms with Gasteiger partial charge in [-0.05, 0) is 43.7 Å². The summed E-state index contributed by atoms with van der Waals surface area (Å²) in [7, 11) is 0. The third-order valence-corrected chi connectivity index (χ3v) is 7.41. The van der Waals surface area contributed by atoms with Gasteiger partial charge in [-0.3, -0.25) is 14.8 Å². The Morgan fingerprint density at radius 3 is 2.54 bits per heavy atom. The quantitative estimate of drug-likeness (QED) is 0.206. The average molecular weight is 558 g/mol. The molecule has 2 aromatic heterocycles. The van der Waals surface area contributed by atoms with Crippen LogP contribution in [0.4, 0.5) is 29.0 Å². The Bertz CT molecular complexity index is 1470. The molecule has 0 radical (unpaired) electrons. The number of aromatic amines is 1. The van der Waals surface area contributed by atoms with Crippen molar-refractivity contribution in [3.63, 3.8) is 0 Å². The Balaban J connectivity index is 1.40. The van der Waals surface area contributed by atoms with Crippen LogP contribution in [0.1, 0.15) is 60.9 Å². The fourth-order valence-corrected chi connectivity index (χ4v) is 4.78. The van der Waals surface area contributed by atoms with Crippen LogP contribution in [0, 0.1) is 6.92 Å². The number of aryl methyl sites for hydroxylation is 1. The van der Waals surface area contributed by atoms with Gasteiger partial charge >= 0.3 is 0 Å². The van der Waals surface area contributed by atoms with Crippen LogP contribution in [-0.2, 0) is 5.41 Å². The number of nitrogen functional groups attached to an aromatic ring is 1. The zero-order valence-electron chi connectivity index (χ0n) is 24.2. The molecule has 2 fully saturated rings. The Kier molecular flexibility index (Phi) is 7.68. The van der Waals surface area contributed by atoms with Gasteiger partial charge in [0.2, 0.25) is 5.95 Å². The van der Waals surface area contributed by atoms with Crippen molar-refractivity contribution in [1.82, 2.24) is 25.1 Å². The lowest BCUT2D eigenvalue weighted by Gasteiger charge is -2.35. The van der Waals surface area contributed by atoms with Gasteiger partial charge in [0.1, 0.15) is 11.4 Å². The van der Waals surface area contributed by atoms with Gasteiger partial charge in [0.25, 0.3) is 5.91 Å². The van der Waals surface area contributed by atoms with Gasteiger partial charge in [-0.15, -0.1) is 0 Å². The number of hydrogen-bond donors (Lipinski definition) is 5. The molecule has 1 saturated carbocycles. The molecule has 0 atom stereocenters. The first-order valence-electron chi connectivity index (χ1n) is 13.9. The van der Waals surface area contributed by atoms with Gasteiger partial charge < -0.3 is 27.0 Å². The van der Waals surface area contributed by atoms with E-state index < -0.39 is 0 Å². The summed E-state index contributed by atoms with van der Waals surface area (Å²) in [6.45, 7) is 15.4. The summed E-state index contributed by atoms with van der Waals surface area (Å²) in [5.74, 6) is 1.06. The lowest BCUT2D eigenvalue weighted by Crippen LogP contribution is -2.48. The van der Waals surface area contributed by atoms with Crippen molar-refractivity contribution in [3.8, 4) is 0 Å². The Morgan fingerprint density at radius 1 is 1.17 bits per heavy atom. The standard InChI is InChI=1S/C29H39N11O/c1-6-32-23-24(35-28(36-25(23)30)40-13-11-39(12-14-40)19-9-10-19)26(31)33-20-15-18(8-7-17(20)2)27(41)34-22-16-21(37-38-22)29(3,4)5/h6-8,15-16,19,32H,1,9-14H2,2-5H3,(H2,31,33)(H2,30,35,36)(H2,34,37,38,41). The van der Waals surface area contributed by atoms with Crippen LogP contribution >= 0.6 is 0 Å². The van der Waals surface area contributed by atoms with Gasteiger partial charge in [-0.25, -0.2) is 9.98 Å². The number of aliphatic imine (C=N–C) groups is 1. The van der Waals surface area contributed by atoms with E-state index in [2.05, 4.69) is 68.0 Å². The van der Waals surface area contributed by atoms with Crippen LogP contribution in [0.2, 0.25) is 0 Å². The number of H-pyrrole nitrogens is 1. The topological polar surface area (TPSA) is 166 Å². The van der Waals surface area contributed by atoms with Crippen molar-refractivity contribution in [3.05, 3.63) is 59.6 Å². The second-order valence-corrected chi connectivity index (χ2v) is 11.6. The minimum absolute atomic E-state index is 0.117. The van der Waals surface area contributed by atoms with Crippen LogP contribution in [0.25, 0.3) is 0 Å². The zero-order valence-corrected chi connectivity index (χ0v) is 24.2. The maximum absolute atomic E-state index is 13.1. The third-order valence-electron chi connectivity index (χ3n) is 7.41. The summed E-state index contributed by atoms with van der Waals surface area (Å²) < 4.78 is 0. The lowest BCUT2D eigenvalue weighted by atomic mass is 9.92. The molecule has 3 aromatic rings. The third kappa shape index (κ3) is 6.32. The summed E-state index contributed by atoms with van der Waals surface area (Å²) in [6, 6.07) is 7.82.